The first kappa shape index (κ1) is 15.0. The molecule has 1 aromatic carbocycles. The standard InChI is InChI=1S/C16H15NO3S/c18-15(19)5-4-12-2-1-3-14(10-12)16(20)17-8-6-13-7-9-21-11-13/h1-5,7,9-11H,6,8H2,(H,17,20)(H,18,19). The molecule has 0 unspecified atom stereocenters. The Morgan fingerprint density at radius 2 is 2.14 bits per heavy atom. The van der Waals surface area contributed by atoms with Gasteiger partial charge in [-0.3, -0.25) is 4.79 Å². The zero-order valence-electron chi connectivity index (χ0n) is 11.3. The van der Waals surface area contributed by atoms with Gasteiger partial charge in [-0.15, -0.1) is 0 Å². The lowest BCUT2D eigenvalue weighted by Gasteiger charge is -2.05. The van der Waals surface area contributed by atoms with Crippen LogP contribution in [0, 0.1) is 0 Å². The smallest absolute Gasteiger partial charge is 0.328 e. The van der Waals surface area contributed by atoms with Gasteiger partial charge in [-0.2, -0.15) is 11.3 Å². The molecule has 0 spiro atoms. The molecule has 21 heavy (non-hydrogen) atoms. The maximum Gasteiger partial charge on any atom is 0.328 e. The summed E-state index contributed by atoms with van der Waals surface area (Å²) in [6.07, 6.45) is 3.31. The van der Waals surface area contributed by atoms with E-state index in [2.05, 4.69) is 10.7 Å². The molecule has 5 heteroatoms. The second-order valence-corrected chi connectivity index (χ2v) is 5.21. The van der Waals surface area contributed by atoms with E-state index in [-0.39, 0.29) is 5.91 Å². The van der Waals surface area contributed by atoms with Crippen molar-refractivity contribution in [3.63, 3.8) is 0 Å². The molecule has 0 aliphatic carbocycles. The van der Waals surface area contributed by atoms with Crippen molar-refractivity contribution in [1.29, 1.82) is 0 Å². The lowest BCUT2D eigenvalue weighted by Crippen LogP contribution is -2.25. The molecule has 0 atom stereocenters. The molecule has 1 amide bonds. The number of nitrogens with one attached hydrogen (secondary N) is 1. The van der Waals surface area contributed by atoms with Gasteiger partial charge >= 0.3 is 5.97 Å². The summed E-state index contributed by atoms with van der Waals surface area (Å²) in [4.78, 5) is 22.5. The minimum absolute atomic E-state index is 0.157. The summed E-state index contributed by atoms with van der Waals surface area (Å²) in [5, 5.41) is 15.5. The van der Waals surface area contributed by atoms with Crippen LogP contribution in [0.2, 0.25) is 0 Å². The van der Waals surface area contributed by atoms with Gasteiger partial charge in [0.1, 0.15) is 0 Å². The number of hydrogen-bond donors (Lipinski definition) is 2. The van der Waals surface area contributed by atoms with Crippen molar-refractivity contribution in [2.45, 2.75) is 6.42 Å². The molecular formula is C16H15NO3S. The van der Waals surface area contributed by atoms with Crippen molar-refractivity contribution in [1.82, 2.24) is 5.32 Å². The lowest BCUT2D eigenvalue weighted by atomic mass is 10.1. The molecule has 4 nitrogen and oxygen atoms in total. The summed E-state index contributed by atoms with van der Waals surface area (Å²) in [5.41, 5.74) is 2.41. The Morgan fingerprint density at radius 1 is 1.29 bits per heavy atom. The van der Waals surface area contributed by atoms with Crippen molar-refractivity contribution >= 4 is 29.3 Å². The maximum atomic E-state index is 12.0. The fourth-order valence-electron chi connectivity index (χ4n) is 1.81. The number of thiophene rings is 1. The SMILES string of the molecule is O=C(O)C=Cc1cccc(C(=O)NCCc2ccsc2)c1. The van der Waals surface area contributed by atoms with Crippen molar-refractivity contribution in [3.8, 4) is 0 Å². The zero-order valence-corrected chi connectivity index (χ0v) is 12.1. The number of benzene rings is 1. The summed E-state index contributed by atoms with van der Waals surface area (Å²) in [5.74, 6) is -1.17. The molecule has 1 aromatic heterocycles. The quantitative estimate of drug-likeness (QED) is 0.806. The highest BCUT2D eigenvalue weighted by molar-refractivity contribution is 7.07. The average molecular weight is 301 g/mol. The number of amides is 1. The third-order valence-corrected chi connectivity index (χ3v) is 3.58. The molecule has 0 aliphatic heterocycles. The van der Waals surface area contributed by atoms with Crippen molar-refractivity contribution in [2.75, 3.05) is 6.54 Å². The van der Waals surface area contributed by atoms with Gasteiger partial charge in [-0.05, 0) is 52.6 Å². The number of aliphatic carboxylic acids is 1. The summed E-state index contributed by atoms with van der Waals surface area (Å²) in [6.45, 7) is 0.574. The molecule has 108 valence electrons. The number of rotatable bonds is 6. The van der Waals surface area contributed by atoms with Gasteiger partial charge in [0.2, 0.25) is 0 Å². The molecule has 0 saturated carbocycles. The Morgan fingerprint density at radius 3 is 2.86 bits per heavy atom. The van der Waals surface area contributed by atoms with E-state index in [9.17, 15) is 9.59 Å². The molecule has 1 heterocycles. The highest BCUT2D eigenvalue weighted by atomic mass is 32.1. The summed E-state index contributed by atoms with van der Waals surface area (Å²) in [6, 6.07) is 8.89. The number of carboxylic acids is 1. The number of carbonyl (C=O) groups is 2. The second kappa shape index (κ2) is 7.40. The number of carboxylic acid groups (broad SMARTS) is 1. The topological polar surface area (TPSA) is 66.4 Å². The Labute approximate surface area is 126 Å². The van der Waals surface area contributed by atoms with E-state index in [0.717, 1.165) is 12.5 Å². The first-order chi connectivity index (χ1) is 10.1. The summed E-state index contributed by atoms with van der Waals surface area (Å²) >= 11 is 1.64. The minimum atomic E-state index is -1.01. The van der Waals surface area contributed by atoms with Crippen LogP contribution in [0.25, 0.3) is 6.08 Å². The van der Waals surface area contributed by atoms with Crippen LogP contribution in [0.15, 0.2) is 47.2 Å². The fraction of sp³-hybridized carbons (Fsp3) is 0.125. The largest absolute Gasteiger partial charge is 0.478 e. The van der Waals surface area contributed by atoms with Gasteiger partial charge in [-0.25, -0.2) is 4.79 Å². The number of carbonyl (C=O) groups excluding carboxylic acids is 1. The van der Waals surface area contributed by atoms with Gasteiger partial charge in [0, 0.05) is 18.2 Å². The normalized spacial score (nSPS) is 10.7. The maximum absolute atomic E-state index is 12.0. The van der Waals surface area contributed by atoms with E-state index in [4.69, 9.17) is 5.11 Å². The Balaban J connectivity index is 1.92. The van der Waals surface area contributed by atoms with Crippen LogP contribution in [-0.4, -0.2) is 23.5 Å². The van der Waals surface area contributed by atoms with Crippen molar-refractivity contribution < 1.29 is 14.7 Å². The second-order valence-electron chi connectivity index (χ2n) is 4.43. The van der Waals surface area contributed by atoms with Gasteiger partial charge in [0.05, 0.1) is 0 Å². The van der Waals surface area contributed by atoms with Crippen molar-refractivity contribution in [2.24, 2.45) is 0 Å². The van der Waals surface area contributed by atoms with E-state index >= 15 is 0 Å². The Bertz CT molecular complexity index is 647. The van der Waals surface area contributed by atoms with Crippen LogP contribution in [0.1, 0.15) is 21.5 Å². The lowest BCUT2D eigenvalue weighted by molar-refractivity contribution is -0.131. The van der Waals surface area contributed by atoms with Crippen LogP contribution in [0.5, 0.6) is 0 Å². The molecule has 0 saturated heterocycles. The van der Waals surface area contributed by atoms with E-state index in [1.807, 2.05) is 11.4 Å². The molecule has 2 aromatic rings. The van der Waals surface area contributed by atoms with Gasteiger partial charge in [0.25, 0.3) is 5.91 Å². The third kappa shape index (κ3) is 4.89. The minimum Gasteiger partial charge on any atom is -0.478 e. The fourth-order valence-corrected chi connectivity index (χ4v) is 2.51. The Hall–Kier alpha value is -2.40. The monoisotopic (exact) mass is 301 g/mol. The molecule has 2 N–H and O–H groups in total. The molecule has 2 rings (SSSR count). The first-order valence-electron chi connectivity index (χ1n) is 6.45. The molecule has 0 fully saturated rings. The van der Waals surface area contributed by atoms with Gasteiger partial charge in [-0.1, -0.05) is 12.1 Å². The summed E-state index contributed by atoms with van der Waals surface area (Å²) in [7, 11) is 0. The number of hydrogen-bond acceptors (Lipinski definition) is 3. The van der Waals surface area contributed by atoms with E-state index in [1.54, 1.807) is 35.6 Å². The van der Waals surface area contributed by atoms with Crippen LogP contribution in [-0.2, 0) is 11.2 Å². The molecular weight excluding hydrogens is 286 g/mol. The van der Waals surface area contributed by atoms with Gasteiger partial charge in [0.15, 0.2) is 0 Å². The van der Waals surface area contributed by atoms with Crippen molar-refractivity contribution in [3.05, 3.63) is 63.9 Å². The van der Waals surface area contributed by atoms with Crippen LogP contribution < -0.4 is 5.32 Å². The van der Waals surface area contributed by atoms with Crippen LogP contribution >= 0.6 is 11.3 Å². The molecule has 0 bridgehead atoms. The van der Waals surface area contributed by atoms with E-state index in [1.165, 1.54) is 11.6 Å². The zero-order chi connectivity index (χ0) is 15.1. The third-order valence-electron chi connectivity index (χ3n) is 2.85. The predicted octanol–water partition coefficient (Wildman–Crippen LogP) is 2.82. The Kier molecular flexibility index (Phi) is 5.29. The average Bonchev–Trinajstić information content (AvgIpc) is 2.98. The predicted molar refractivity (Wildman–Crippen MR) is 83.5 cm³/mol. The summed E-state index contributed by atoms with van der Waals surface area (Å²) < 4.78 is 0. The van der Waals surface area contributed by atoms with Gasteiger partial charge < -0.3 is 10.4 Å². The highest BCUT2D eigenvalue weighted by Gasteiger charge is 2.05. The van der Waals surface area contributed by atoms with E-state index in [0.29, 0.717) is 17.7 Å². The van der Waals surface area contributed by atoms with Crippen LogP contribution in [0.4, 0.5) is 0 Å². The first-order valence-corrected chi connectivity index (χ1v) is 7.40. The highest BCUT2D eigenvalue weighted by Crippen LogP contribution is 2.08. The molecule has 0 radical (unpaired) electrons. The molecule has 0 aliphatic rings. The van der Waals surface area contributed by atoms with E-state index < -0.39 is 5.97 Å². The van der Waals surface area contributed by atoms with Crippen LogP contribution in [0.3, 0.4) is 0 Å².